The highest BCUT2D eigenvalue weighted by Gasteiger charge is 2.12. The molecule has 90 valence electrons. The van der Waals surface area contributed by atoms with E-state index in [1.54, 1.807) is 0 Å². The van der Waals surface area contributed by atoms with E-state index in [4.69, 9.17) is 33.1 Å². The van der Waals surface area contributed by atoms with E-state index in [2.05, 4.69) is 4.18 Å². The van der Waals surface area contributed by atoms with Crippen LogP contribution in [0.1, 0.15) is 5.56 Å². The number of nitrogens with two attached hydrogens (primary N) is 1. The third-order valence-electron chi connectivity index (χ3n) is 1.67. The van der Waals surface area contributed by atoms with Crippen LogP contribution in [0.2, 0.25) is 10.0 Å². The SMILES string of the molecule is COc1c(Cl)cc(Cl)cc1COS(N)(=O)=O. The number of hydrogen-bond donors (Lipinski definition) is 1. The predicted molar refractivity (Wildman–Crippen MR) is 60.9 cm³/mol. The molecule has 5 nitrogen and oxygen atoms in total. The molecule has 8 heteroatoms. The molecule has 1 rings (SSSR count). The molecule has 0 aliphatic carbocycles. The maximum Gasteiger partial charge on any atom is 0.333 e. The summed E-state index contributed by atoms with van der Waals surface area (Å²) in [5, 5.41) is 5.31. The van der Waals surface area contributed by atoms with Gasteiger partial charge >= 0.3 is 10.3 Å². The van der Waals surface area contributed by atoms with Gasteiger partial charge in [-0.1, -0.05) is 23.2 Å². The molecule has 0 aromatic heterocycles. The minimum absolute atomic E-state index is 0.267. The van der Waals surface area contributed by atoms with E-state index in [9.17, 15) is 8.42 Å². The summed E-state index contributed by atoms with van der Waals surface area (Å²) in [4.78, 5) is 0. The topological polar surface area (TPSA) is 78.6 Å². The molecule has 0 bridgehead atoms. The molecule has 1 aromatic rings. The molecule has 0 atom stereocenters. The third kappa shape index (κ3) is 3.80. The van der Waals surface area contributed by atoms with Crippen LogP contribution in [-0.2, 0) is 21.1 Å². The Morgan fingerprint density at radius 1 is 1.38 bits per heavy atom. The van der Waals surface area contributed by atoms with Gasteiger partial charge in [-0.3, -0.25) is 4.18 Å². The summed E-state index contributed by atoms with van der Waals surface area (Å²) >= 11 is 11.6. The Balaban J connectivity index is 3.03. The lowest BCUT2D eigenvalue weighted by atomic mass is 10.2. The Bertz CT molecular complexity index is 489. The Labute approximate surface area is 103 Å². The van der Waals surface area contributed by atoms with Gasteiger partial charge in [-0.05, 0) is 12.1 Å². The van der Waals surface area contributed by atoms with Crippen LogP contribution in [0.3, 0.4) is 0 Å². The minimum atomic E-state index is -4.01. The van der Waals surface area contributed by atoms with E-state index in [-0.39, 0.29) is 11.6 Å². The molecule has 0 aliphatic rings. The van der Waals surface area contributed by atoms with Crippen molar-refractivity contribution in [1.29, 1.82) is 0 Å². The molecule has 0 amide bonds. The molecule has 0 saturated carbocycles. The van der Waals surface area contributed by atoms with Gasteiger partial charge < -0.3 is 4.74 Å². The van der Waals surface area contributed by atoms with E-state index < -0.39 is 10.3 Å². The predicted octanol–water partition coefficient (Wildman–Crippen LogP) is 1.72. The molecule has 0 unspecified atom stereocenters. The molecule has 2 N–H and O–H groups in total. The first-order chi connectivity index (χ1) is 7.33. The molecule has 0 radical (unpaired) electrons. The summed E-state index contributed by atoms with van der Waals surface area (Å²) in [5.74, 6) is 0.301. The summed E-state index contributed by atoms with van der Waals surface area (Å²) in [6, 6.07) is 2.96. The van der Waals surface area contributed by atoms with Crippen LogP contribution in [0, 0.1) is 0 Å². The highest BCUT2D eigenvalue weighted by molar-refractivity contribution is 7.84. The van der Waals surface area contributed by atoms with E-state index >= 15 is 0 Å². The lowest BCUT2D eigenvalue weighted by Gasteiger charge is -2.10. The summed E-state index contributed by atoms with van der Waals surface area (Å²) in [6.07, 6.45) is 0. The van der Waals surface area contributed by atoms with E-state index in [1.165, 1.54) is 19.2 Å². The van der Waals surface area contributed by atoms with Crippen LogP contribution in [0.4, 0.5) is 0 Å². The van der Waals surface area contributed by atoms with Gasteiger partial charge in [0.1, 0.15) is 5.75 Å². The maximum absolute atomic E-state index is 10.6. The summed E-state index contributed by atoms with van der Waals surface area (Å²) < 4.78 is 30.7. The molecular formula is C8H9Cl2NO4S. The lowest BCUT2D eigenvalue weighted by Crippen LogP contribution is -2.15. The van der Waals surface area contributed by atoms with Gasteiger partial charge in [-0.15, -0.1) is 0 Å². The standard InChI is InChI=1S/C8H9Cl2NO4S/c1-14-8-5(4-15-16(11,12)13)2-6(9)3-7(8)10/h2-3H,4H2,1H3,(H2,11,12,13). The quantitative estimate of drug-likeness (QED) is 0.914. The lowest BCUT2D eigenvalue weighted by molar-refractivity contribution is 0.300. The van der Waals surface area contributed by atoms with Crippen molar-refractivity contribution in [3.8, 4) is 5.75 Å². The van der Waals surface area contributed by atoms with Gasteiger partial charge in [0.15, 0.2) is 0 Å². The number of methoxy groups -OCH3 is 1. The zero-order valence-electron chi connectivity index (χ0n) is 8.24. The van der Waals surface area contributed by atoms with Crippen molar-refractivity contribution in [1.82, 2.24) is 0 Å². The third-order valence-corrected chi connectivity index (χ3v) is 2.61. The molecule has 0 aliphatic heterocycles. The van der Waals surface area contributed by atoms with Crippen LogP contribution in [0.25, 0.3) is 0 Å². The molecule has 0 spiro atoms. The van der Waals surface area contributed by atoms with Crippen molar-refractivity contribution < 1.29 is 17.3 Å². The van der Waals surface area contributed by atoms with Crippen LogP contribution in [0.15, 0.2) is 12.1 Å². The first-order valence-electron chi connectivity index (χ1n) is 4.02. The Hall–Kier alpha value is -0.530. The van der Waals surface area contributed by atoms with Crippen LogP contribution in [0.5, 0.6) is 5.75 Å². The maximum atomic E-state index is 10.6. The molecular weight excluding hydrogens is 277 g/mol. The largest absolute Gasteiger partial charge is 0.495 e. The van der Waals surface area contributed by atoms with Crippen molar-refractivity contribution in [2.75, 3.05) is 7.11 Å². The fourth-order valence-corrected chi connectivity index (χ4v) is 2.00. The van der Waals surface area contributed by atoms with Crippen molar-refractivity contribution in [3.63, 3.8) is 0 Å². The zero-order valence-corrected chi connectivity index (χ0v) is 10.6. The van der Waals surface area contributed by atoms with Crippen molar-refractivity contribution >= 4 is 33.5 Å². The van der Waals surface area contributed by atoms with Crippen LogP contribution in [-0.4, -0.2) is 15.5 Å². The van der Waals surface area contributed by atoms with Gasteiger partial charge in [-0.2, -0.15) is 8.42 Å². The highest BCUT2D eigenvalue weighted by atomic mass is 35.5. The highest BCUT2D eigenvalue weighted by Crippen LogP contribution is 2.32. The molecule has 0 saturated heterocycles. The summed E-state index contributed by atoms with van der Waals surface area (Å²) in [6.45, 7) is -0.289. The fraction of sp³-hybridized carbons (Fsp3) is 0.250. The number of rotatable bonds is 4. The smallest absolute Gasteiger partial charge is 0.333 e. The number of hydrogen-bond acceptors (Lipinski definition) is 4. The average Bonchev–Trinajstić information content (AvgIpc) is 2.12. The second-order valence-corrected chi connectivity index (χ2v) is 4.90. The second kappa shape index (κ2) is 5.20. The molecule has 1 aromatic carbocycles. The van der Waals surface area contributed by atoms with E-state index in [0.717, 1.165) is 0 Å². The first-order valence-corrected chi connectivity index (χ1v) is 6.25. The normalized spacial score (nSPS) is 11.5. The first kappa shape index (κ1) is 13.5. The van der Waals surface area contributed by atoms with Crippen LogP contribution < -0.4 is 9.88 Å². The van der Waals surface area contributed by atoms with Gasteiger partial charge in [0.25, 0.3) is 0 Å². The van der Waals surface area contributed by atoms with Gasteiger partial charge in [0, 0.05) is 10.6 Å². The number of ether oxygens (including phenoxy) is 1. The monoisotopic (exact) mass is 285 g/mol. The van der Waals surface area contributed by atoms with Gasteiger partial charge in [0.05, 0.1) is 18.7 Å². The van der Waals surface area contributed by atoms with E-state index in [1.807, 2.05) is 0 Å². The fourth-order valence-electron chi connectivity index (χ4n) is 1.10. The van der Waals surface area contributed by atoms with Crippen molar-refractivity contribution in [3.05, 3.63) is 27.7 Å². The molecule has 0 heterocycles. The minimum Gasteiger partial charge on any atom is -0.495 e. The average molecular weight is 286 g/mol. The number of halogens is 2. The summed E-state index contributed by atoms with van der Waals surface area (Å²) in [5.41, 5.74) is 0.397. The zero-order chi connectivity index (χ0) is 12.3. The van der Waals surface area contributed by atoms with Crippen LogP contribution >= 0.6 is 23.2 Å². The van der Waals surface area contributed by atoms with Gasteiger partial charge in [0.2, 0.25) is 0 Å². The Morgan fingerprint density at radius 2 is 2.00 bits per heavy atom. The second-order valence-electron chi connectivity index (χ2n) is 2.83. The summed E-state index contributed by atoms with van der Waals surface area (Å²) in [7, 11) is -2.62. The van der Waals surface area contributed by atoms with Crippen molar-refractivity contribution in [2.24, 2.45) is 5.14 Å². The number of benzene rings is 1. The van der Waals surface area contributed by atoms with E-state index in [0.29, 0.717) is 16.3 Å². The van der Waals surface area contributed by atoms with Crippen molar-refractivity contribution in [2.45, 2.75) is 6.61 Å². The van der Waals surface area contributed by atoms with Gasteiger partial charge in [-0.25, -0.2) is 5.14 Å². The Kier molecular flexibility index (Phi) is 4.40. The molecule has 16 heavy (non-hydrogen) atoms. The molecule has 0 fully saturated rings. The Morgan fingerprint density at radius 3 is 2.50 bits per heavy atom.